The van der Waals surface area contributed by atoms with Crippen molar-refractivity contribution >= 4 is 44.2 Å². The monoisotopic (exact) mass is 1180 g/mol. The smallest absolute Gasteiger partial charge is 0.328 e. The number of para-hydroxylation sites is 2. The van der Waals surface area contributed by atoms with E-state index in [0.717, 1.165) is 5.62 Å². The molecular formula is C78H100N3OPSi2. The molecule has 9 aromatic rings. The highest BCUT2D eigenvalue weighted by atomic mass is 31.2. The van der Waals surface area contributed by atoms with Crippen LogP contribution in [0.15, 0.2) is 265 Å². The first-order valence-electron chi connectivity index (χ1n) is 30.8. The molecule has 0 bridgehead atoms. The molecule has 446 valence electrons. The number of allylic oxidation sites excluding steroid dienone is 1. The fraction of sp³-hybridized carbons (Fsp3) is 0.308. The lowest BCUT2D eigenvalue weighted by atomic mass is 9.92. The van der Waals surface area contributed by atoms with Crippen LogP contribution in [-0.2, 0) is 0 Å². The summed E-state index contributed by atoms with van der Waals surface area (Å²) < 4.78 is 11.0. The molecule has 85 heavy (non-hydrogen) atoms. The zero-order valence-corrected chi connectivity index (χ0v) is 57.3. The van der Waals surface area contributed by atoms with Crippen LogP contribution in [0.25, 0.3) is 11.4 Å². The van der Waals surface area contributed by atoms with Crippen molar-refractivity contribution in [2.24, 2.45) is 4.66 Å². The Morgan fingerprint density at radius 2 is 0.600 bits per heavy atom. The summed E-state index contributed by atoms with van der Waals surface area (Å²) in [5, 5.41) is 2.99. The highest BCUT2D eigenvalue weighted by Crippen LogP contribution is 2.65. The van der Waals surface area contributed by atoms with Crippen LogP contribution in [-0.4, -0.2) is 35.3 Å². The first-order chi connectivity index (χ1) is 40.4. The van der Waals surface area contributed by atoms with Gasteiger partial charge in [0.05, 0.1) is 11.4 Å². The zero-order valence-electron chi connectivity index (χ0n) is 54.4. The van der Waals surface area contributed by atoms with Gasteiger partial charge in [0.1, 0.15) is 7.59 Å². The Morgan fingerprint density at radius 1 is 0.365 bits per heavy atom. The highest BCUT2D eigenvalue weighted by Gasteiger charge is 2.72. The molecule has 4 nitrogen and oxygen atoms in total. The molecule has 1 N–H and O–H groups in total. The summed E-state index contributed by atoms with van der Waals surface area (Å²) in [5.41, 5.74) is 10.5. The van der Waals surface area contributed by atoms with E-state index in [2.05, 4.69) is 284 Å². The van der Waals surface area contributed by atoms with Crippen molar-refractivity contribution in [3.05, 3.63) is 289 Å². The molecule has 8 aromatic carbocycles. The Bertz CT molecular complexity index is 3140. The number of imidazole rings is 1. The van der Waals surface area contributed by atoms with Crippen LogP contribution in [0.2, 0.25) is 15.1 Å². The van der Waals surface area contributed by atoms with Crippen LogP contribution < -0.4 is 21.5 Å². The summed E-state index contributed by atoms with van der Waals surface area (Å²) in [6, 6.07) is 82.7. The Hall–Kier alpha value is -6.80. The van der Waals surface area contributed by atoms with E-state index in [0.29, 0.717) is 0 Å². The molecule has 0 fully saturated rings. The quantitative estimate of drug-likeness (QED) is 0.0907. The Morgan fingerprint density at radius 3 is 0.824 bits per heavy atom. The van der Waals surface area contributed by atoms with Crippen molar-refractivity contribution < 1.29 is 4.80 Å². The minimum absolute atomic E-state index is 0.260. The SMILES string of the molecule is CC(C)c1cccc(C(C)C)c1-n1ccn(-c2c(C(C)C)cccc2C(C)C)c1=N[Si@](O)(/C=C/C=P(c1ccccc1)(c1ccccc1)c1ccccc1)[Si](C(C)(C)C)(C(C)(C)C)C(C)(C)C.c1ccccc1.c1ccccc1.c1ccccc1. The van der Waals surface area contributed by atoms with Crippen LogP contribution in [0, 0.1) is 0 Å². The third kappa shape index (κ3) is 15.6. The number of hydrogen-bond donors (Lipinski definition) is 1. The largest absolute Gasteiger partial charge is 0.414 e. The van der Waals surface area contributed by atoms with Crippen LogP contribution in [0.4, 0.5) is 0 Å². The average molecular weight is 1180 g/mol. The van der Waals surface area contributed by atoms with Gasteiger partial charge < -0.3 is 4.80 Å². The minimum Gasteiger partial charge on any atom is -0.414 e. The van der Waals surface area contributed by atoms with Crippen LogP contribution >= 0.6 is 6.89 Å². The van der Waals surface area contributed by atoms with Crippen LogP contribution in [0.5, 0.6) is 0 Å². The predicted octanol–water partition coefficient (Wildman–Crippen LogP) is 20.0. The van der Waals surface area contributed by atoms with E-state index in [1.807, 2.05) is 109 Å². The fourth-order valence-electron chi connectivity index (χ4n) is 14.0. The highest BCUT2D eigenvalue weighted by molar-refractivity contribution is 7.94. The van der Waals surface area contributed by atoms with E-state index in [1.165, 1.54) is 49.5 Å². The molecule has 0 aliphatic heterocycles. The molecule has 1 aromatic heterocycles. The molecule has 1 atom stereocenters. The lowest BCUT2D eigenvalue weighted by Gasteiger charge is -2.62. The molecule has 0 unspecified atom stereocenters. The first kappa shape index (κ1) is 67.3. The Balaban J connectivity index is 0.000000544. The van der Waals surface area contributed by atoms with Crippen molar-refractivity contribution in [1.82, 2.24) is 9.13 Å². The number of benzene rings is 8. The molecule has 0 saturated heterocycles. The van der Waals surface area contributed by atoms with E-state index in [1.54, 1.807) is 0 Å². The van der Waals surface area contributed by atoms with Crippen molar-refractivity contribution in [3.63, 3.8) is 0 Å². The number of hydrogen-bond acceptors (Lipinski definition) is 2. The van der Waals surface area contributed by atoms with Gasteiger partial charge in [0.15, 0.2) is 0 Å². The van der Waals surface area contributed by atoms with E-state index in [4.69, 9.17) is 4.66 Å². The molecule has 0 aliphatic carbocycles. The van der Waals surface area contributed by atoms with Crippen molar-refractivity contribution in [3.8, 4) is 11.4 Å². The molecule has 0 saturated carbocycles. The van der Waals surface area contributed by atoms with Crippen molar-refractivity contribution in [1.29, 1.82) is 0 Å². The number of rotatable bonds is 13. The molecular weight excluding hydrogens is 1080 g/mol. The van der Waals surface area contributed by atoms with Gasteiger partial charge in [0, 0.05) is 12.4 Å². The summed E-state index contributed by atoms with van der Waals surface area (Å²) >= 11 is 0. The van der Waals surface area contributed by atoms with Gasteiger partial charge in [-0.15, -0.1) is 0 Å². The minimum atomic E-state index is -4.02. The van der Waals surface area contributed by atoms with Gasteiger partial charge in [-0.1, -0.05) is 372 Å². The second-order valence-corrected chi connectivity index (χ2v) is 42.3. The Labute approximate surface area is 516 Å². The van der Waals surface area contributed by atoms with Gasteiger partial charge in [0.25, 0.3) is 0 Å². The third-order valence-electron chi connectivity index (χ3n) is 16.3. The predicted molar refractivity (Wildman–Crippen MR) is 380 cm³/mol. The lowest BCUT2D eigenvalue weighted by Crippen LogP contribution is -2.76. The summed E-state index contributed by atoms with van der Waals surface area (Å²) in [7, 11) is -7.15. The molecule has 0 amide bonds. The van der Waals surface area contributed by atoms with Crippen LogP contribution in [0.3, 0.4) is 0 Å². The van der Waals surface area contributed by atoms with Gasteiger partial charge in [-0.05, 0) is 83.8 Å². The summed E-state index contributed by atoms with van der Waals surface area (Å²) in [6.45, 7) is 37.6. The molecule has 0 radical (unpaired) electrons. The van der Waals surface area contributed by atoms with E-state index >= 15 is 4.80 Å². The fourth-order valence-corrected chi connectivity index (χ4v) is 41.1. The summed E-state index contributed by atoms with van der Waals surface area (Å²) in [5.74, 6) is 3.51. The Kier molecular flexibility index (Phi) is 23.8. The standard InChI is InChI=1S/C60H82N3OPSi2.3C6H6/c1-44(2)51-36-27-37-52(45(3)4)55(51)62-40-41-63(56-53(46(5)6)38-28-39-54(56)47(7)8)57(62)61-66(64,67(58(9,10)11,59(12,13)14)60(15,16)17)43-29-42-65(48-30-21-18-22-31-48,49-32-23-19-24-33-49)50-34-25-20-26-35-50;3*1-2-4-6-5-3-1/h18-47,64H,1-17H3;3*1-6H/b43-29+;;;/t66-;;;/m0.../s1. The molecule has 7 heteroatoms. The maximum absolute atomic E-state index is 15.1. The zero-order chi connectivity index (χ0) is 62.1. The molecule has 0 aliphatic rings. The summed E-state index contributed by atoms with van der Waals surface area (Å²) in [6.07, 6.45) is 6.76. The molecule has 9 rings (SSSR count). The number of aromatic nitrogens is 2. The van der Waals surface area contributed by atoms with Gasteiger partial charge in [-0.25, -0.2) is 0 Å². The van der Waals surface area contributed by atoms with Gasteiger partial charge in [0.2, 0.25) is 5.62 Å². The van der Waals surface area contributed by atoms with Gasteiger partial charge in [-0.3, -0.25) is 13.8 Å². The van der Waals surface area contributed by atoms with Gasteiger partial charge in [-0.2, -0.15) is 0 Å². The molecule has 1 heterocycles. The average Bonchev–Trinajstić information content (AvgIpc) is 1.55. The summed E-state index contributed by atoms with van der Waals surface area (Å²) in [4.78, 5) is 15.1. The topological polar surface area (TPSA) is 42.5 Å². The maximum Gasteiger partial charge on any atom is 0.328 e. The second kappa shape index (κ2) is 30.0. The van der Waals surface area contributed by atoms with E-state index in [-0.39, 0.29) is 38.8 Å². The number of nitrogens with zero attached hydrogens (tertiary/aromatic N) is 3. The second-order valence-electron chi connectivity index (χ2n) is 26.6. The first-order valence-corrected chi connectivity index (χ1v) is 37.6. The van der Waals surface area contributed by atoms with Crippen molar-refractivity contribution in [2.45, 2.75) is 156 Å². The van der Waals surface area contributed by atoms with Crippen molar-refractivity contribution in [2.75, 3.05) is 0 Å². The third-order valence-corrected chi connectivity index (χ3v) is 40.2. The van der Waals surface area contributed by atoms with E-state index in [9.17, 15) is 0 Å². The van der Waals surface area contributed by atoms with Gasteiger partial charge >= 0.3 is 8.00 Å². The lowest BCUT2D eigenvalue weighted by molar-refractivity contribution is 0.507. The molecule has 0 spiro atoms. The van der Waals surface area contributed by atoms with Crippen LogP contribution in [0.1, 0.15) is 164 Å². The maximum atomic E-state index is 15.1. The van der Waals surface area contributed by atoms with E-state index < -0.39 is 22.5 Å². The normalized spacial score (nSPS) is 12.8.